The molecule has 1 fully saturated rings. The highest BCUT2D eigenvalue weighted by atomic mass is 19.4. The smallest absolute Gasteiger partial charge is 0.418 e. The van der Waals surface area contributed by atoms with E-state index in [0.29, 0.717) is 31.9 Å². The first-order valence-electron chi connectivity index (χ1n) is 8.89. The van der Waals surface area contributed by atoms with E-state index in [1.165, 1.54) is 18.2 Å². The molecular formula is C19H21F3N3O3+. The van der Waals surface area contributed by atoms with Crippen molar-refractivity contribution in [1.82, 2.24) is 4.90 Å². The van der Waals surface area contributed by atoms with Crippen LogP contribution in [0, 0.1) is 6.92 Å². The predicted octanol–water partition coefficient (Wildman–Crippen LogP) is 1.59. The number of rotatable bonds is 4. The lowest BCUT2D eigenvalue weighted by Gasteiger charge is -2.31. The average molecular weight is 396 g/mol. The number of amides is 2. The Kier molecular flexibility index (Phi) is 5.73. The van der Waals surface area contributed by atoms with E-state index in [2.05, 4.69) is 5.32 Å². The Morgan fingerprint density at radius 1 is 1.14 bits per heavy atom. The molecule has 2 aromatic rings. The predicted molar refractivity (Wildman–Crippen MR) is 95.0 cm³/mol. The largest absolute Gasteiger partial charge is 0.456 e. The van der Waals surface area contributed by atoms with Crippen molar-refractivity contribution >= 4 is 17.5 Å². The summed E-state index contributed by atoms with van der Waals surface area (Å²) in [5, 5.41) is 2.35. The molecule has 1 aliphatic rings. The van der Waals surface area contributed by atoms with Gasteiger partial charge in [0.2, 0.25) is 0 Å². The number of hydrogen-bond acceptors (Lipinski definition) is 3. The molecule has 150 valence electrons. The Morgan fingerprint density at radius 2 is 1.82 bits per heavy atom. The highest BCUT2D eigenvalue weighted by Crippen LogP contribution is 2.34. The van der Waals surface area contributed by atoms with E-state index >= 15 is 0 Å². The molecule has 1 aromatic carbocycles. The van der Waals surface area contributed by atoms with Gasteiger partial charge in [0.25, 0.3) is 11.8 Å². The number of halogens is 3. The minimum absolute atomic E-state index is 0.0358. The molecule has 2 amide bonds. The van der Waals surface area contributed by atoms with Gasteiger partial charge in [-0.15, -0.1) is 0 Å². The number of aryl methyl sites for hydroxylation is 1. The van der Waals surface area contributed by atoms with Crippen LogP contribution in [0.4, 0.5) is 18.9 Å². The van der Waals surface area contributed by atoms with Crippen molar-refractivity contribution in [3.63, 3.8) is 0 Å². The van der Waals surface area contributed by atoms with Gasteiger partial charge in [0.15, 0.2) is 12.3 Å². The summed E-state index contributed by atoms with van der Waals surface area (Å²) in [7, 11) is 0. The van der Waals surface area contributed by atoms with Crippen molar-refractivity contribution in [2.45, 2.75) is 13.1 Å². The fourth-order valence-corrected chi connectivity index (χ4v) is 3.17. The van der Waals surface area contributed by atoms with Gasteiger partial charge in [0, 0.05) is 0 Å². The SMILES string of the molecule is Cc1ccc(C(=O)N2CC[NH+](CC(=O)Nc3ccccc3C(F)(F)F)CC2)o1. The first-order valence-corrected chi connectivity index (χ1v) is 8.89. The molecule has 0 unspecified atom stereocenters. The maximum Gasteiger partial charge on any atom is 0.418 e. The summed E-state index contributed by atoms with van der Waals surface area (Å²) in [5.41, 5.74) is -1.12. The molecule has 2 heterocycles. The molecule has 1 saturated heterocycles. The third-order valence-electron chi connectivity index (χ3n) is 4.63. The van der Waals surface area contributed by atoms with E-state index in [9.17, 15) is 22.8 Å². The Bertz CT molecular complexity index is 855. The minimum Gasteiger partial charge on any atom is -0.456 e. The third kappa shape index (κ3) is 4.72. The lowest BCUT2D eigenvalue weighted by Crippen LogP contribution is -3.15. The molecule has 3 rings (SSSR count). The maximum atomic E-state index is 13.0. The monoisotopic (exact) mass is 396 g/mol. The summed E-state index contributed by atoms with van der Waals surface area (Å²) in [4.78, 5) is 27.1. The summed E-state index contributed by atoms with van der Waals surface area (Å²) in [6.45, 7) is 3.74. The van der Waals surface area contributed by atoms with E-state index in [1.54, 1.807) is 24.0 Å². The number of carbonyl (C=O) groups is 2. The van der Waals surface area contributed by atoms with Crippen molar-refractivity contribution in [2.24, 2.45) is 0 Å². The van der Waals surface area contributed by atoms with Gasteiger partial charge in [0.05, 0.1) is 37.4 Å². The summed E-state index contributed by atoms with van der Waals surface area (Å²) in [6, 6.07) is 8.24. The van der Waals surface area contributed by atoms with Gasteiger partial charge in [-0.3, -0.25) is 9.59 Å². The van der Waals surface area contributed by atoms with Crippen molar-refractivity contribution in [3.8, 4) is 0 Å². The fraction of sp³-hybridized carbons (Fsp3) is 0.368. The molecule has 0 aliphatic carbocycles. The van der Waals surface area contributed by atoms with Gasteiger partial charge in [-0.05, 0) is 31.2 Å². The van der Waals surface area contributed by atoms with Crippen LogP contribution < -0.4 is 10.2 Å². The zero-order valence-corrected chi connectivity index (χ0v) is 15.3. The first-order chi connectivity index (χ1) is 13.2. The summed E-state index contributed by atoms with van der Waals surface area (Å²) in [5.74, 6) is 0.245. The number of alkyl halides is 3. The van der Waals surface area contributed by atoms with E-state index in [1.807, 2.05) is 0 Å². The van der Waals surface area contributed by atoms with Crippen LogP contribution in [-0.4, -0.2) is 49.4 Å². The van der Waals surface area contributed by atoms with Crippen LogP contribution in [0.5, 0.6) is 0 Å². The van der Waals surface area contributed by atoms with Crippen LogP contribution in [0.3, 0.4) is 0 Å². The number of anilines is 1. The van der Waals surface area contributed by atoms with Gasteiger partial charge in [-0.2, -0.15) is 13.2 Å². The zero-order valence-electron chi connectivity index (χ0n) is 15.3. The molecule has 1 aliphatic heterocycles. The molecule has 0 radical (unpaired) electrons. The Morgan fingerprint density at radius 3 is 2.43 bits per heavy atom. The second kappa shape index (κ2) is 8.05. The molecule has 28 heavy (non-hydrogen) atoms. The van der Waals surface area contributed by atoms with Gasteiger partial charge in [0.1, 0.15) is 5.76 Å². The molecule has 2 N–H and O–H groups in total. The van der Waals surface area contributed by atoms with Crippen LogP contribution in [-0.2, 0) is 11.0 Å². The van der Waals surface area contributed by atoms with E-state index in [-0.39, 0.29) is 23.9 Å². The Balaban J connectivity index is 1.53. The summed E-state index contributed by atoms with van der Waals surface area (Å²) >= 11 is 0. The van der Waals surface area contributed by atoms with Crippen LogP contribution in [0.15, 0.2) is 40.8 Å². The Labute approximate surface area is 159 Å². The van der Waals surface area contributed by atoms with Gasteiger partial charge in [-0.1, -0.05) is 12.1 Å². The second-order valence-electron chi connectivity index (χ2n) is 6.72. The van der Waals surface area contributed by atoms with Gasteiger partial charge in [-0.25, -0.2) is 0 Å². The molecule has 0 atom stereocenters. The number of nitrogens with zero attached hydrogens (tertiary/aromatic N) is 1. The number of para-hydroxylation sites is 1. The summed E-state index contributed by atoms with van der Waals surface area (Å²) < 4.78 is 44.4. The van der Waals surface area contributed by atoms with Crippen molar-refractivity contribution in [2.75, 3.05) is 38.0 Å². The summed E-state index contributed by atoms with van der Waals surface area (Å²) in [6.07, 6.45) is -4.53. The number of benzene rings is 1. The van der Waals surface area contributed by atoms with Crippen LogP contribution in [0.2, 0.25) is 0 Å². The normalized spacial score (nSPS) is 15.5. The highest BCUT2D eigenvalue weighted by molar-refractivity contribution is 5.92. The van der Waals surface area contributed by atoms with Crippen LogP contribution in [0.1, 0.15) is 21.9 Å². The standard InChI is InChI=1S/C19H20F3N3O3/c1-13-6-7-16(28-13)18(27)25-10-8-24(9-11-25)12-17(26)23-15-5-3-2-4-14(15)19(20,21)22/h2-7H,8-12H2,1H3,(H,23,26)/p+1. The molecule has 0 bridgehead atoms. The maximum absolute atomic E-state index is 13.0. The average Bonchev–Trinajstić information content (AvgIpc) is 3.07. The number of nitrogens with one attached hydrogen (secondary N) is 2. The van der Waals surface area contributed by atoms with E-state index in [4.69, 9.17) is 4.42 Å². The van der Waals surface area contributed by atoms with Crippen LogP contribution in [0.25, 0.3) is 0 Å². The number of quaternary nitrogens is 1. The third-order valence-corrected chi connectivity index (χ3v) is 4.63. The molecule has 0 spiro atoms. The Hall–Kier alpha value is -2.81. The number of carbonyl (C=O) groups excluding carboxylic acids is 2. The molecule has 6 nitrogen and oxygen atoms in total. The van der Waals surface area contributed by atoms with Crippen molar-refractivity contribution < 1.29 is 32.1 Å². The van der Waals surface area contributed by atoms with Crippen LogP contribution >= 0.6 is 0 Å². The molecular weight excluding hydrogens is 375 g/mol. The van der Waals surface area contributed by atoms with Gasteiger partial charge < -0.3 is 19.5 Å². The fourth-order valence-electron chi connectivity index (χ4n) is 3.17. The quantitative estimate of drug-likeness (QED) is 0.825. The first kappa shape index (κ1) is 19.9. The van der Waals surface area contributed by atoms with Crippen molar-refractivity contribution in [1.29, 1.82) is 0 Å². The molecule has 1 aromatic heterocycles. The lowest BCUT2D eigenvalue weighted by atomic mass is 10.1. The number of hydrogen-bond donors (Lipinski definition) is 2. The highest BCUT2D eigenvalue weighted by Gasteiger charge is 2.34. The number of furan rings is 1. The zero-order chi connectivity index (χ0) is 20.3. The number of piperazine rings is 1. The topological polar surface area (TPSA) is 67.0 Å². The second-order valence-corrected chi connectivity index (χ2v) is 6.72. The van der Waals surface area contributed by atoms with E-state index in [0.717, 1.165) is 11.0 Å². The van der Waals surface area contributed by atoms with Gasteiger partial charge >= 0.3 is 6.18 Å². The lowest BCUT2D eigenvalue weighted by molar-refractivity contribution is -0.895. The van der Waals surface area contributed by atoms with E-state index < -0.39 is 17.6 Å². The molecule has 0 saturated carbocycles. The van der Waals surface area contributed by atoms with Crippen molar-refractivity contribution in [3.05, 3.63) is 53.5 Å². The molecule has 9 heteroatoms. The minimum atomic E-state index is -4.53.